The van der Waals surface area contributed by atoms with E-state index in [2.05, 4.69) is 26.2 Å². The molecule has 0 saturated heterocycles. The van der Waals surface area contributed by atoms with E-state index in [1.807, 2.05) is 12.1 Å². The second-order valence-corrected chi connectivity index (χ2v) is 4.79. The molecule has 0 aliphatic carbocycles. The first-order chi connectivity index (χ1) is 9.63. The Bertz CT molecular complexity index is 654. The van der Waals surface area contributed by atoms with E-state index < -0.39 is 0 Å². The van der Waals surface area contributed by atoms with E-state index in [1.165, 1.54) is 19.2 Å². The molecule has 2 aromatic rings. The van der Waals surface area contributed by atoms with Gasteiger partial charge in [0.25, 0.3) is 0 Å². The summed E-state index contributed by atoms with van der Waals surface area (Å²) < 4.78 is 6.04. The van der Waals surface area contributed by atoms with Crippen molar-refractivity contribution < 1.29 is 14.6 Å². The number of hydrogen-bond donors (Lipinski definition) is 1. The summed E-state index contributed by atoms with van der Waals surface area (Å²) in [4.78, 5) is 10.8. The minimum Gasteiger partial charge on any atom is -0.507 e. The largest absolute Gasteiger partial charge is 0.507 e. The number of methoxy groups -OCH3 is 1. The number of ether oxygens (including phenoxy) is 1. The minimum atomic E-state index is -0.153. The van der Waals surface area contributed by atoms with Gasteiger partial charge in [-0.05, 0) is 30.3 Å². The van der Waals surface area contributed by atoms with Crippen molar-refractivity contribution in [1.82, 2.24) is 0 Å². The number of benzene rings is 2. The van der Waals surface area contributed by atoms with Crippen LogP contribution in [0.5, 0.6) is 11.5 Å². The molecule has 2 rings (SSSR count). The summed E-state index contributed by atoms with van der Waals surface area (Å²) >= 11 is 3.33. The van der Waals surface area contributed by atoms with Crippen LogP contribution in [0.15, 0.2) is 51.1 Å². The molecule has 0 fully saturated rings. The van der Waals surface area contributed by atoms with Crippen LogP contribution in [0.4, 0.5) is 11.4 Å². The Morgan fingerprint density at radius 2 is 1.90 bits per heavy atom. The van der Waals surface area contributed by atoms with Gasteiger partial charge in [-0.15, -0.1) is 5.11 Å². The number of phenolic OH excluding ortho intramolecular Hbond substituents is 1. The standard InChI is InChI=1S/C14H11BrN2O3/c1-20-14-7-13(19)9(8-18)6-12(14)17-16-11-4-2-10(15)3-5-11/h2-8,19H,1H3. The molecule has 0 aliphatic rings. The normalized spacial score (nSPS) is 10.7. The lowest BCUT2D eigenvalue weighted by Gasteiger charge is -2.05. The fraction of sp³-hybridized carbons (Fsp3) is 0.0714. The van der Waals surface area contributed by atoms with Gasteiger partial charge in [-0.3, -0.25) is 4.79 Å². The maximum atomic E-state index is 10.8. The molecule has 0 unspecified atom stereocenters. The summed E-state index contributed by atoms with van der Waals surface area (Å²) in [6.07, 6.45) is 0.549. The number of hydrogen-bond acceptors (Lipinski definition) is 5. The first-order valence-electron chi connectivity index (χ1n) is 5.67. The van der Waals surface area contributed by atoms with Crippen LogP contribution in [0.1, 0.15) is 10.4 Å². The van der Waals surface area contributed by atoms with Crippen molar-refractivity contribution in [3.8, 4) is 11.5 Å². The van der Waals surface area contributed by atoms with E-state index in [9.17, 15) is 9.90 Å². The third-order valence-electron chi connectivity index (χ3n) is 2.55. The third kappa shape index (κ3) is 3.21. The van der Waals surface area contributed by atoms with E-state index in [0.29, 0.717) is 23.4 Å². The lowest BCUT2D eigenvalue weighted by atomic mass is 10.2. The summed E-state index contributed by atoms with van der Waals surface area (Å²) in [5, 5.41) is 17.7. The Morgan fingerprint density at radius 3 is 2.50 bits per heavy atom. The van der Waals surface area contributed by atoms with Crippen molar-refractivity contribution in [2.24, 2.45) is 10.2 Å². The molecule has 1 N–H and O–H groups in total. The van der Waals surface area contributed by atoms with E-state index in [0.717, 1.165) is 4.47 Å². The molecule has 0 spiro atoms. The van der Waals surface area contributed by atoms with Gasteiger partial charge in [0.15, 0.2) is 6.29 Å². The zero-order chi connectivity index (χ0) is 14.5. The monoisotopic (exact) mass is 334 g/mol. The summed E-state index contributed by atoms with van der Waals surface area (Å²) in [7, 11) is 1.45. The van der Waals surface area contributed by atoms with Crippen LogP contribution < -0.4 is 4.74 Å². The summed E-state index contributed by atoms with van der Waals surface area (Å²) in [6.45, 7) is 0. The zero-order valence-corrected chi connectivity index (χ0v) is 12.2. The van der Waals surface area contributed by atoms with Gasteiger partial charge in [-0.1, -0.05) is 15.9 Å². The molecule has 0 aliphatic heterocycles. The number of carbonyl (C=O) groups is 1. The maximum absolute atomic E-state index is 10.8. The Hall–Kier alpha value is -2.21. The van der Waals surface area contributed by atoms with Crippen LogP contribution >= 0.6 is 15.9 Å². The highest BCUT2D eigenvalue weighted by Gasteiger charge is 2.09. The van der Waals surface area contributed by atoms with Gasteiger partial charge in [-0.25, -0.2) is 0 Å². The Balaban J connectivity index is 2.36. The average molecular weight is 335 g/mol. The molecule has 2 aromatic carbocycles. The molecule has 0 bridgehead atoms. The summed E-state index contributed by atoms with van der Waals surface area (Å²) in [5.74, 6) is 0.188. The number of halogens is 1. The number of aromatic hydroxyl groups is 1. The average Bonchev–Trinajstić information content (AvgIpc) is 2.47. The van der Waals surface area contributed by atoms with Crippen molar-refractivity contribution in [1.29, 1.82) is 0 Å². The highest BCUT2D eigenvalue weighted by atomic mass is 79.9. The van der Waals surface area contributed by atoms with Gasteiger partial charge in [0.1, 0.15) is 17.2 Å². The van der Waals surface area contributed by atoms with Crippen molar-refractivity contribution in [2.75, 3.05) is 7.11 Å². The second kappa shape index (κ2) is 6.29. The first kappa shape index (κ1) is 14.2. The van der Waals surface area contributed by atoms with Crippen LogP contribution in [0, 0.1) is 0 Å². The fourth-order valence-corrected chi connectivity index (χ4v) is 1.79. The van der Waals surface area contributed by atoms with Crippen molar-refractivity contribution in [3.05, 3.63) is 46.4 Å². The highest BCUT2D eigenvalue weighted by molar-refractivity contribution is 9.10. The van der Waals surface area contributed by atoms with Gasteiger partial charge in [0, 0.05) is 10.5 Å². The van der Waals surface area contributed by atoms with Gasteiger partial charge < -0.3 is 9.84 Å². The number of nitrogens with zero attached hydrogens (tertiary/aromatic N) is 2. The topological polar surface area (TPSA) is 71.2 Å². The molecule has 0 aromatic heterocycles. The summed E-state index contributed by atoms with van der Waals surface area (Å²) in [5.41, 5.74) is 1.17. The smallest absolute Gasteiger partial charge is 0.153 e. The molecule has 0 atom stereocenters. The van der Waals surface area contributed by atoms with Crippen LogP contribution in [-0.2, 0) is 0 Å². The number of rotatable bonds is 4. The van der Waals surface area contributed by atoms with E-state index in [4.69, 9.17) is 4.74 Å². The number of aldehydes is 1. The molecule has 0 amide bonds. The molecule has 0 radical (unpaired) electrons. The van der Waals surface area contributed by atoms with Crippen LogP contribution in [0.25, 0.3) is 0 Å². The molecular formula is C14H11BrN2O3. The molecule has 0 saturated carbocycles. The van der Waals surface area contributed by atoms with Gasteiger partial charge >= 0.3 is 0 Å². The van der Waals surface area contributed by atoms with E-state index >= 15 is 0 Å². The minimum absolute atomic E-state index is 0.135. The van der Waals surface area contributed by atoms with Crippen LogP contribution in [-0.4, -0.2) is 18.5 Å². The van der Waals surface area contributed by atoms with Crippen LogP contribution in [0.2, 0.25) is 0 Å². The Kier molecular flexibility index (Phi) is 4.47. The molecule has 20 heavy (non-hydrogen) atoms. The molecule has 5 nitrogen and oxygen atoms in total. The van der Waals surface area contributed by atoms with E-state index in [-0.39, 0.29) is 11.3 Å². The van der Waals surface area contributed by atoms with Gasteiger partial charge in [0.05, 0.1) is 18.4 Å². The second-order valence-electron chi connectivity index (χ2n) is 3.88. The number of azo groups is 1. The fourth-order valence-electron chi connectivity index (χ4n) is 1.53. The predicted octanol–water partition coefficient (Wildman–Crippen LogP) is 4.39. The first-order valence-corrected chi connectivity index (χ1v) is 6.47. The Morgan fingerprint density at radius 1 is 1.20 bits per heavy atom. The van der Waals surface area contributed by atoms with Crippen molar-refractivity contribution in [3.63, 3.8) is 0 Å². The lowest BCUT2D eigenvalue weighted by molar-refractivity contribution is 0.112. The van der Waals surface area contributed by atoms with Crippen molar-refractivity contribution in [2.45, 2.75) is 0 Å². The SMILES string of the molecule is COc1cc(O)c(C=O)cc1N=Nc1ccc(Br)cc1. The zero-order valence-electron chi connectivity index (χ0n) is 10.6. The third-order valence-corrected chi connectivity index (χ3v) is 3.08. The van der Waals surface area contributed by atoms with Crippen LogP contribution in [0.3, 0.4) is 0 Å². The van der Waals surface area contributed by atoms with E-state index in [1.54, 1.807) is 12.1 Å². The van der Waals surface area contributed by atoms with Crippen molar-refractivity contribution >= 4 is 33.6 Å². The molecule has 6 heteroatoms. The number of carbonyl (C=O) groups excluding carboxylic acids is 1. The predicted molar refractivity (Wildman–Crippen MR) is 78.4 cm³/mol. The lowest BCUT2D eigenvalue weighted by Crippen LogP contribution is -1.87. The van der Waals surface area contributed by atoms with Gasteiger partial charge in [0.2, 0.25) is 0 Å². The molecule has 102 valence electrons. The Labute approximate surface area is 124 Å². The molecular weight excluding hydrogens is 324 g/mol. The van der Waals surface area contributed by atoms with Gasteiger partial charge in [-0.2, -0.15) is 5.11 Å². The highest BCUT2D eigenvalue weighted by Crippen LogP contribution is 2.34. The maximum Gasteiger partial charge on any atom is 0.153 e. The number of phenols is 1. The molecule has 0 heterocycles. The quantitative estimate of drug-likeness (QED) is 0.665. The summed E-state index contributed by atoms with van der Waals surface area (Å²) in [6, 6.07) is 10.0.